The number of benzene rings is 2. The van der Waals surface area contributed by atoms with Gasteiger partial charge in [0.25, 0.3) is 0 Å². The molecule has 0 atom stereocenters. The van der Waals surface area contributed by atoms with Gasteiger partial charge in [-0.2, -0.15) is 0 Å². The molecule has 0 aliphatic heterocycles. The largest absolute Gasteiger partial charge is 0.478 e. The Kier molecular flexibility index (Phi) is 5.03. The van der Waals surface area contributed by atoms with E-state index in [1.54, 1.807) is 30.5 Å². The van der Waals surface area contributed by atoms with Crippen molar-refractivity contribution < 1.29 is 9.90 Å². The van der Waals surface area contributed by atoms with Crippen molar-refractivity contribution >= 4 is 17.9 Å². The van der Waals surface area contributed by atoms with Gasteiger partial charge >= 0.3 is 5.97 Å². The zero-order valence-electron chi connectivity index (χ0n) is 15.2. The third-order valence-electron chi connectivity index (χ3n) is 4.52. The Morgan fingerprint density at radius 1 is 1.12 bits per heavy atom. The first kappa shape index (κ1) is 17.7. The summed E-state index contributed by atoms with van der Waals surface area (Å²) in [6.07, 6.45) is 2.82. The van der Waals surface area contributed by atoms with Crippen LogP contribution in [-0.4, -0.2) is 21.9 Å². The summed E-state index contributed by atoms with van der Waals surface area (Å²) in [6, 6.07) is 17.3. The molecule has 0 saturated carbocycles. The summed E-state index contributed by atoms with van der Waals surface area (Å²) in [7, 11) is 0. The fourth-order valence-electron chi connectivity index (χ4n) is 3.06. The minimum atomic E-state index is -0.948. The van der Waals surface area contributed by atoms with E-state index in [0.29, 0.717) is 5.69 Å². The lowest BCUT2D eigenvalue weighted by molar-refractivity contribution is 0.0697. The molecule has 1 N–H and O–H groups in total. The Morgan fingerprint density at radius 3 is 2.50 bits per heavy atom. The molecule has 0 aliphatic carbocycles. The Balaban J connectivity index is 1.92. The maximum Gasteiger partial charge on any atom is 0.335 e. The van der Waals surface area contributed by atoms with Crippen LogP contribution in [0.2, 0.25) is 0 Å². The van der Waals surface area contributed by atoms with Gasteiger partial charge in [-0.3, -0.25) is 4.99 Å². The molecule has 0 unspecified atom stereocenters. The van der Waals surface area contributed by atoms with Gasteiger partial charge in [0.1, 0.15) is 0 Å². The van der Waals surface area contributed by atoms with Crippen molar-refractivity contribution in [1.82, 2.24) is 4.57 Å². The Labute approximate surface area is 153 Å². The van der Waals surface area contributed by atoms with E-state index in [-0.39, 0.29) is 5.56 Å². The van der Waals surface area contributed by atoms with Crippen LogP contribution in [0.4, 0.5) is 5.69 Å². The number of carbonyl (C=O) groups is 1. The number of aromatic carboxylic acids is 1. The zero-order chi connectivity index (χ0) is 18.7. The number of rotatable bonds is 5. The number of carboxylic acids is 1. The van der Waals surface area contributed by atoms with Crippen molar-refractivity contribution in [3.63, 3.8) is 0 Å². The van der Waals surface area contributed by atoms with Gasteiger partial charge in [-0.05, 0) is 62.2 Å². The van der Waals surface area contributed by atoms with Crippen molar-refractivity contribution in [1.29, 1.82) is 0 Å². The Bertz CT molecular complexity index is 966. The van der Waals surface area contributed by atoms with Gasteiger partial charge in [-0.15, -0.1) is 0 Å². The lowest BCUT2D eigenvalue weighted by Crippen LogP contribution is -1.99. The maximum absolute atomic E-state index is 11.1. The van der Waals surface area contributed by atoms with Gasteiger partial charge in [0.2, 0.25) is 0 Å². The molecule has 26 heavy (non-hydrogen) atoms. The predicted molar refractivity (Wildman–Crippen MR) is 105 cm³/mol. The zero-order valence-corrected chi connectivity index (χ0v) is 15.2. The predicted octanol–water partition coefficient (Wildman–Crippen LogP) is 5.11. The molecule has 2 aromatic carbocycles. The summed E-state index contributed by atoms with van der Waals surface area (Å²) < 4.78 is 2.20. The molecule has 1 heterocycles. The van der Waals surface area contributed by atoms with Crippen molar-refractivity contribution in [3.05, 3.63) is 82.7 Å². The first-order valence-electron chi connectivity index (χ1n) is 8.65. The minimum Gasteiger partial charge on any atom is -0.478 e. The van der Waals surface area contributed by atoms with Crippen molar-refractivity contribution in [3.8, 4) is 5.69 Å². The van der Waals surface area contributed by atoms with E-state index >= 15 is 0 Å². The first-order chi connectivity index (χ1) is 12.5. The van der Waals surface area contributed by atoms with Crippen LogP contribution in [0, 0.1) is 13.8 Å². The number of hydrogen-bond donors (Lipinski definition) is 1. The average molecular weight is 346 g/mol. The molecule has 0 spiro atoms. The quantitative estimate of drug-likeness (QED) is 0.653. The molecule has 0 radical (unpaired) electrons. The first-order valence-corrected chi connectivity index (χ1v) is 8.65. The second-order valence-electron chi connectivity index (χ2n) is 6.30. The van der Waals surface area contributed by atoms with Crippen molar-refractivity contribution in [2.75, 3.05) is 0 Å². The van der Waals surface area contributed by atoms with E-state index in [1.807, 2.05) is 0 Å². The van der Waals surface area contributed by atoms with Gasteiger partial charge < -0.3 is 9.67 Å². The molecule has 132 valence electrons. The molecule has 0 bridgehead atoms. The van der Waals surface area contributed by atoms with Gasteiger partial charge in [0, 0.05) is 28.9 Å². The van der Waals surface area contributed by atoms with Crippen molar-refractivity contribution in [2.45, 2.75) is 27.2 Å². The van der Waals surface area contributed by atoms with E-state index < -0.39 is 5.97 Å². The van der Waals surface area contributed by atoms with Crippen LogP contribution in [0.25, 0.3) is 5.69 Å². The number of carboxylic acid groups (broad SMARTS) is 1. The van der Waals surface area contributed by atoms with Crippen LogP contribution in [-0.2, 0) is 6.42 Å². The Hall–Kier alpha value is -3.14. The summed E-state index contributed by atoms with van der Waals surface area (Å²) >= 11 is 0. The number of nitrogens with zero attached hydrogens (tertiary/aromatic N) is 2. The second-order valence-corrected chi connectivity index (χ2v) is 6.30. The number of aryl methyl sites for hydroxylation is 2. The molecule has 0 amide bonds. The molecule has 0 saturated heterocycles. The van der Waals surface area contributed by atoms with Crippen LogP contribution >= 0.6 is 0 Å². The van der Waals surface area contributed by atoms with Crippen LogP contribution in [0.5, 0.6) is 0 Å². The Morgan fingerprint density at radius 2 is 1.85 bits per heavy atom. The standard InChI is InChI=1S/C22H22N2O2/c1-4-17-8-10-21(11-9-17)24-15(2)12-19(16(24)3)14-23-20-7-5-6-18(13-20)22(25)26/h5-14H,4H2,1-3H3,(H,25,26). The van der Waals surface area contributed by atoms with E-state index in [1.165, 1.54) is 5.56 Å². The fourth-order valence-corrected chi connectivity index (χ4v) is 3.06. The van der Waals surface area contributed by atoms with Crippen LogP contribution in [0.1, 0.15) is 39.8 Å². The molecule has 4 nitrogen and oxygen atoms in total. The van der Waals surface area contributed by atoms with Crippen LogP contribution < -0.4 is 0 Å². The van der Waals surface area contributed by atoms with Gasteiger partial charge in [0.05, 0.1) is 11.3 Å². The molecule has 0 fully saturated rings. The van der Waals surface area contributed by atoms with Crippen LogP contribution in [0.3, 0.4) is 0 Å². The minimum absolute atomic E-state index is 0.237. The second kappa shape index (κ2) is 7.40. The number of hydrogen-bond acceptors (Lipinski definition) is 2. The maximum atomic E-state index is 11.1. The highest BCUT2D eigenvalue weighted by Gasteiger charge is 2.09. The molecule has 1 aromatic heterocycles. The highest BCUT2D eigenvalue weighted by atomic mass is 16.4. The van der Waals surface area contributed by atoms with E-state index in [2.05, 4.69) is 60.7 Å². The molecule has 4 heteroatoms. The summed E-state index contributed by atoms with van der Waals surface area (Å²) in [6.45, 7) is 6.29. The van der Waals surface area contributed by atoms with E-state index in [0.717, 1.165) is 29.1 Å². The molecule has 3 rings (SSSR count). The summed E-state index contributed by atoms with van der Waals surface area (Å²) in [5.74, 6) is -0.948. The molecule has 3 aromatic rings. The lowest BCUT2D eigenvalue weighted by atomic mass is 10.1. The van der Waals surface area contributed by atoms with Gasteiger partial charge in [-0.1, -0.05) is 25.1 Å². The normalized spacial score (nSPS) is 11.2. The summed E-state index contributed by atoms with van der Waals surface area (Å²) in [5, 5.41) is 9.09. The smallest absolute Gasteiger partial charge is 0.335 e. The highest BCUT2D eigenvalue weighted by Crippen LogP contribution is 2.21. The number of aromatic nitrogens is 1. The number of aliphatic imine (C=N–C) groups is 1. The molecule has 0 aliphatic rings. The topological polar surface area (TPSA) is 54.6 Å². The molecular weight excluding hydrogens is 324 g/mol. The van der Waals surface area contributed by atoms with Crippen LogP contribution in [0.15, 0.2) is 59.6 Å². The average Bonchev–Trinajstić information content (AvgIpc) is 2.94. The molecular formula is C22H22N2O2. The van der Waals surface area contributed by atoms with E-state index in [4.69, 9.17) is 5.11 Å². The third-order valence-corrected chi connectivity index (χ3v) is 4.52. The van der Waals surface area contributed by atoms with Crippen molar-refractivity contribution in [2.24, 2.45) is 4.99 Å². The monoisotopic (exact) mass is 346 g/mol. The SMILES string of the molecule is CCc1ccc(-n2c(C)cc(C=Nc3cccc(C(=O)O)c3)c2C)cc1. The van der Waals surface area contributed by atoms with Gasteiger partial charge in [-0.25, -0.2) is 4.79 Å². The van der Waals surface area contributed by atoms with E-state index in [9.17, 15) is 4.79 Å². The highest BCUT2D eigenvalue weighted by molar-refractivity contribution is 5.89. The van der Waals surface area contributed by atoms with Gasteiger partial charge in [0.15, 0.2) is 0 Å². The fraction of sp³-hybridized carbons (Fsp3) is 0.182. The third kappa shape index (κ3) is 3.59. The summed E-state index contributed by atoms with van der Waals surface area (Å²) in [4.78, 5) is 15.5. The lowest BCUT2D eigenvalue weighted by Gasteiger charge is -2.10. The summed E-state index contributed by atoms with van der Waals surface area (Å²) in [5.41, 5.74) is 6.56.